The summed E-state index contributed by atoms with van der Waals surface area (Å²) in [4.78, 5) is 13.2. The van der Waals surface area contributed by atoms with Gasteiger partial charge in [-0.15, -0.1) is 0 Å². The fourth-order valence-electron chi connectivity index (χ4n) is 4.36. The zero-order chi connectivity index (χ0) is 21.1. The van der Waals surface area contributed by atoms with Crippen LogP contribution >= 0.6 is 0 Å². The molecule has 0 fully saturated rings. The van der Waals surface area contributed by atoms with Crippen molar-refractivity contribution >= 4 is 5.91 Å². The number of amides is 1. The Labute approximate surface area is 176 Å². The van der Waals surface area contributed by atoms with Crippen LogP contribution in [0.2, 0.25) is 0 Å². The van der Waals surface area contributed by atoms with Crippen molar-refractivity contribution in [3.05, 3.63) is 88.0 Å². The molecule has 0 bridgehead atoms. The van der Waals surface area contributed by atoms with Gasteiger partial charge in [0, 0.05) is 18.8 Å². The Hall–Kier alpha value is -3.08. The third kappa shape index (κ3) is 4.11. The Balaban J connectivity index is 1.64. The van der Waals surface area contributed by atoms with Crippen molar-refractivity contribution in [2.24, 2.45) is 0 Å². The molecule has 0 saturated carbocycles. The number of aromatic nitrogens is 1. The molecule has 4 nitrogen and oxygen atoms in total. The van der Waals surface area contributed by atoms with Crippen molar-refractivity contribution in [1.29, 1.82) is 0 Å². The highest BCUT2D eigenvalue weighted by Crippen LogP contribution is 2.31. The molecule has 1 amide bonds. The first kappa shape index (κ1) is 20.2. The van der Waals surface area contributed by atoms with Crippen molar-refractivity contribution in [1.82, 2.24) is 9.88 Å². The van der Waals surface area contributed by atoms with E-state index in [1.165, 1.54) is 23.4 Å². The lowest BCUT2D eigenvalue weighted by atomic mass is 9.95. The van der Waals surface area contributed by atoms with Crippen LogP contribution in [0.25, 0.3) is 0 Å². The van der Waals surface area contributed by atoms with E-state index in [-0.39, 0.29) is 11.7 Å². The van der Waals surface area contributed by atoms with Crippen LogP contribution < -0.4 is 10.1 Å². The number of hydrogen-bond donors (Lipinski definition) is 1. The summed E-state index contributed by atoms with van der Waals surface area (Å²) in [5, 5.41) is 3.03. The van der Waals surface area contributed by atoms with Gasteiger partial charge in [0.05, 0.1) is 7.11 Å². The SMILES string of the molecule is COc1cccc(Cn2c3c(c(C)c2C(=O)NCc2ccc(F)cc2)CCCC3)c1. The van der Waals surface area contributed by atoms with Gasteiger partial charge >= 0.3 is 0 Å². The second-order valence-corrected chi connectivity index (χ2v) is 7.85. The van der Waals surface area contributed by atoms with E-state index >= 15 is 0 Å². The Kier molecular flexibility index (Phi) is 5.88. The summed E-state index contributed by atoms with van der Waals surface area (Å²) in [6.45, 7) is 3.05. The summed E-state index contributed by atoms with van der Waals surface area (Å²) in [5.74, 6) is 0.447. The third-order valence-electron chi connectivity index (χ3n) is 5.90. The lowest BCUT2D eigenvalue weighted by molar-refractivity contribution is 0.0941. The molecule has 1 aliphatic carbocycles. The number of carbonyl (C=O) groups is 1. The summed E-state index contributed by atoms with van der Waals surface area (Å²) in [7, 11) is 1.66. The van der Waals surface area contributed by atoms with Crippen molar-refractivity contribution in [3.63, 3.8) is 0 Å². The first-order chi connectivity index (χ1) is 14.6. The Morgan fingerprint density at radius 3 is 2.63 bits per heavy atom. The van der Waals surface area contributed by atoms with Gasteiger partial charge in [0.15, 0.2) is 0 Å². The van der Waals surface area contributed by atoms with Crippen molar-refractivity contribution in [3.8, 4) is 5.75 Å². The monoisotopic (exact) mass is 406 g/mol. The van der Waals surface area contributed by atoms with Gasteiger partial charge in [-0.1, -0.05) is 24.3 Å². The highest BCUT2D eigenvalue weighted by Gasteiger charge is 2.26. The zero-order valence-electron chi connectivity index (χ0n) is 17.5. The molecule has 0 atom stereocenters. The van der Waals surface area contributed by atoms with E-state index in [1.807, 2.05) is 18.2 Å². The number of carbonyl (C=O) groups excluding carboxylic acids is 1. The Morgan fingerprint density at radius 1 is 1.10 bits per heavy atom. The highest BCUT2D eigenvalue weighted by molar-refractivity contribution is 5.95. The van der Waals surface area contributed by atoms with E-state index in [1.54, 1.807) is 19.2 Å². The van der Waals surface area contributed by atoms with Gasteiger partial charge in [-0.05, 0) is 79.1 Å². The quantitative estimate of drug-likeness (QED) is 0.639. The van der Waals surface area contributed by atoms with Crippen LogP contribution in [0.4, 0.5) is 4.39 Å². The van der Waals surface area contributed by atoms with Gasteiger partial charge in [-0.2, -0.15) is 0 Å². The summed E-state index contributed by atoms with van der Waals surface area (Å²) >= 11 is 0. The van der Waals surface area contributed by atoms with Gasteiger partial charge in [-0.3, -0.25) is 4.79 Å². The van der Waals surface area contributed by atoms with E-state index in [0.29, 0.717) is 13.1 Å². The molecule has 1 aromatic heterocycles. The molecule has 4 rings (SSSR count). The van der Waals surface area contributed by atoms with E-state index in [0.717, 1.165) is 53.8 Å². The number of ether oxygens (including phenoxy) is 1. The second kappa shape index (κ2) is 8.74. The van der Waals surface area contributed by atoms with Crippen LogP contribution in [0.3, 0.4) is 0 Å². The molecule has 0 spiro atoms. The number of benzene rings is 2. The van der Waals surface area contributed by atoms with E-state index < -0.39 is 0 Å². The molecule has 1 aliphatic rings. The van der Waals surface area contributed by atoms with Crippen molar-refractivity contribution in [2.75, 3.05) is 7.11 Å². The number of fused-ring (bicyclic) bond motifs is 1. The Bertz CT molecular complexity index is 1050. The normalized spacial score (nSPS) is 13.0. The molecule has 2 aromatic carbocycles. The summed E-state index contributed by atoms with van der Waals surface area (Å²) in [5.41, 5.74) is 6.36. The van der Waals surface area contributed by atoms with Gasteiger partial charge < -0.3 is 14.6 Å². The number of nitrogens with one attached hydrogen (secondary N) is 1. The van der Waals surface area contributed by atoms with Crippen LogP contribution in [0.1, 0.15) is 51.3 Å². The van der Waals surface area contributed by atoms with Crippen molar-refractivity contribution < 1.29 is 13.9 Å². The van der Waals surface area contributed by atoms with Gasteiger partial charge in [0.1, 0.15) is 17.3 Å². The molecule has 1 N–H and O–H groups in total. The van der Waals surface area contributed by atoms with Crippen LogP contribution in [0.5, 0.6) is 5.75 Å². The molecular formula is C25H27FN2O2. The molecule has 5 heteroatoms. The van der Waals surface area contributed by atoms with E-state index in [4.69, 9.17) is 4.74 Å². The number of halogens is 1. The summed E-state index contributed by atoms with van der Waals surface area (Å²) in [6, 6.07) is 14.2. The predicted molar refractivity (Wildman–Crippen MR) is 115 cm³/mol. The fourth-order valence-corrected chi connectivity index (χ4v) is 4.36. The van der Waals surface area contributed by atoms with Crippen LogP contribution in [-0.4, -0.2) is 17.6 Å². The molecule has 0 saturated heterocycles. The molecule has 1 heterocycles. The molecule has 156 valence electrons. The predicted octanol–water partition coefficient (Wildman–Crippen LogP) is 4.80. The zero-order valence-corrected chi connectivity index (χ0v) is 17.5. The van der Waals surface area contributed by atoms with Crippen LogP contribution in [-0.2, 0) is 25.9 Å². The average Bonchev–Trinajstić information content (AvgIpc) is 3.05. The lowest BCUT2D eigenvalue weighted by Crippen LogP contribution is -2.27. The Morgan fingerprint density at radius 2 is 1.87 bits per heavy atom. The molecule has 0 radical (unpaired) electrons. The minimum atomic E-state index is -0.277. The molecular weight excluding hydrogens is 379 g/mol. The first-order valence-corrected chi connectivity index (χ1v) is 10.4. The molecule has 0 aliphatic heterocycles. The average molecular weight is 407 g/mol. The molecule has 30 heavy (non-hydrogen) atoms. The summed E-state index contributed by atoms with van der Waals surface area (Å²) in [6.07, 6.45) is 4.31. The van der Waals surface area contributed by atoms with E-state index in [9.17, 15) is 9.18 Å². The number of rotatable bonds is 6. The number of hydrogen-bond acceptors (Lipinski definition) is 2. The minimum Gasteiger partial charge on any atom is -0.497 e. The maximum absolute atomic E-state index is 13.2. The number of nitrogens with zero attached hydrogens (tertiary/aromatic N) is 1. The first-order valence-electron chi connectivity index (χ1n) is 10.4. The largest absolute Gasteiger partial charge is 0.497 e. The van der Waals surface area contributed by atoms with Gasteiger partial charge in [-0.25, -0.2) is 4.39 Å². The fraction of sp³-hybridized carbons (Fsp3) is 0.320. The lowest BCUT2D eigenvalue weighted by Gasteiger charge is -2.17. The number of methoxy groups -OCH3 is 1. The smallest absolute Gasteiger partial charge is 0.268 e. The second-order valence-electron chi connectivity index (χ2n) is 7.85. The maximum Gasteiger partial charge on any atom is 0.268 e. The molecule has 0 unspecified atom stereocenters. The van der Waals surface area contributed by atoms with Gasteiger partial charge in [0.2, 0.25) is 0 Å². The minimum absolute atomic E-state index is 0.0888. The molecule has 3 aromatic rings. The topological polar surface area (TPSA) is 43.3 Å². The van der Waals surface area contributed by atoms with Crippen molar-refractivity contribution in [2.45, 2.75) is 45.7 Å². The van der Waals surface area contributed by atoms with Gasteiger partial charge in [0.25, 0.3) is 5.91 Å². The standard InChI is InChI=1S/C25H27FN2O2/c1-17-22-8-3-4-9-23(22)28(16-19-6-5-7-21(14-19)30-2)24(17)25(29)27-15-18-10-12-20(26)13-11-18/h5-7,10-14H,3-4,8-9,15-16H2,1-2H3,(H,27,29). The highest BCUT2D eigenvalue weighted by atomic mass is 19.1. The summed E-state index contributed by atoms with van der Waals surface area (Å²) < 4.78 is 20.7. The maximum atomic E-state index is 13.2. The van der Waals surface area contributed by atoms with E-state index in [2.05, 4.69) is 22.9 Å². The van der Waals surface area contributed by atoms with Crippen LogP contribution in [0, 0.1) is 12.7 Å². The third-order valence-corrected chi connectivity index (χ3v) is 5.90. The van der Waals surface area contributed by atoms with Crippen LogP contribution in [0.15, 0.2) is 48.5 Å².